The van der Waals surface area contributed by atoms with Gasteiger partial charge in [0.2, 0.25) is 10.0 Å². The lowest BCUT2D eigenvalue weighted by Crippen LogP contribution is -2.38. The number of imidazole rings is 1. The molecular formula is C26H38N6O3S. The van der Waals surface area contributed by atoms with Gasteiger partial charge < -0.3 is 19.9 Å². The molecule has 0 amide bonds. The third-order valence-corrected chi connectivity index (χ3v) is 9.15. The van der Waals surface area contributed by atoms with Gasteiger partial charge in [0.25, 0.3) is 0 Å². The van der Waals surface area contributed by atoms with E-state index < -0.39 is 10.0 Å². The van der Waals surface area contributed by atoms with Gasteiger partial charge in [-0.3, -0.25) is 0 Å². The van der Waals surface area contributed by atoms with E-state index in [0.29, 0.717) is 42.9 Å². The maximum absolute atomic E-state index is 13.2. The Morgan fingerprint density at radius 3 is 2.39 bits per heavy atom. The second kappa shape index (κ2) is 10.7. The number of nitrogen functional groups attached to an aromatic ring is 1. The smallest absolute Gasteiger partial charge is 0.243 e. The Kier molecular flexibility index (Phi) is 7.87. The first kappa shape index (κ1) is 26.4. The highest BCUT2D eigenvalue weighted by molar-refractivity contribution is 7.89. The summed E-state index contributed by atoms with van der Waals surface area (Å²) in [5.41, 5.74) is 10.9. The summed E-state index contributed by atoms with van der Waals surface area (Å²) in [6.45, 7) is 8.88. The summed E-state index contributed by atoms with van der Waals surface area (Å²) in [4.78, 5) is 11.5. The van der Waals surface area contributed by atoms with Crippen molar-refractivity contribution in [2.45, 2.75) is 58.1 Å². The minimum absolute atomic E-state index is 0.356. The molecule has 3 heterocycles. The molecule has 0 saturated carbocycles. The van der Waals surface area contributed by atoms with Crippen LogP contribution in [0.1, 0.15) is 43.3 Å². The van der Waals surface area contributed by atoms with Crippen molar-refractivity contribution >= 4 is 32.6 Å². The van der Waals surface area contributed by atoms with Gasteiger partial charge in [0, 0.05) is 51.7 Å². The zero-order chi connectivity index (χ0) is 26.0. The van der Waals surface area contributed by atoms with Crippen LogP contribution in [0.5, 0.6) is 0 Å². The molecule has 0 unspecified atom stereocenters. The Balaban J connectivity index is 1.45. The number of nitrogens with zero attached hydrogens (tertiary/aromatic N) is 5. The Hall–Kier alpha value is -2.69. The topological polar surface area (TPSA) is 107 Å². The van der Waals surface area contributed by atoms with E-state index in [1.807, 2.05) is 45.0 Å². The van der Waals surface area contributed by atoms with E-state index in [9.17, 15) is 8.42 Å². The van der Waals surface area contributed by atoms with Gasteiger partial charge in [-0.15, -0.1) is 0 Å². The minimum atomic E-state index is -3.48. The molecule has 2 N–H and O–H groups in total. The largest absolute Gasteiger partial charge is 0.382 e. The number of pyridine rings is 1. The molecule has 9 nitrogen and oxygen atoms in total. The molecule has 10 heteroatoms. The third-order valence-electron chi connectivity index (χ3n) is 7.24. The van der Waals surface area contributed by atoms with Gasteiger partial charge in [0.1, 0.15) is 17.9 Å². The van der Waals surface area contributed by atoms with Crippen LogP contribution >= 0.6 is 0 Å². The summed E-state index contributed by atoms with van der Waals surface area (Å²) in [5.74, 6) is 1.74. The predicted molar refractivity (Wildman–Crippen MR) is 144 cm³/mol. The van der Waals surface area contributed by atoms with Crippen LogP contribution in [0, 0.1) is 19.8 Å². The van der Waals surface area contributed by atoms with E-state index in [1.165, 1.54) is 0 Å². The molecule has 1 aliphatic heterocycles. The molecule has 1 aromatic carbocycles. The fourth-order valence-electron chi connectivity index (χ4n) is 4.91. The van der Waals surface area contributed by atoms with Gasteiger partial charge in [-0.05, 0) is 75.8 Å². The highest BCUT2D eigenvalue weighted by Crippen LogP contribution is 2.30. The number of piperidine rings is 1. The van der Waals surface area contributed by atoms with Gasteiger partial charge >= 0.3 is 0 Å². The molecule has 196 valence electrons. The zero-order valence-corrected chi connectivity index (χ0v) is 22.8. The second-order valence-electron chi connectivity index (χ2n) is 9.75. The van der Waals surface area contributed by atoms with E-state index >= 15 is 0 Å². The molecule has 3 aromatic rings. The summed E-state index contributed by atoms with van der Waals surface area (Å²) in [6, 6.07) is 7.10. The van der Waals surface area contributed by atoms with Gasteiger partial charge in [0.15, 0.2) is 5.82 Å². The number of anilines is 2. The van der Waals surface area contributed by atoms with Crippen molar-refractivity contribution < 1.29 is 13.2 Å². The zero-order valence-electron chi connectivity index (χ0n) is 22.0. The molecular weight excluding hydrogens is 476 g/mol. The van der Waals surface area contributed by atoms with Crippen LogP contribution in [0.3, 0.4) is 0 Å². The Bertz CT molecular complexity index is 1310. The van der Waals surface area contributed by atoms with Crippen molar-refractivity contribution in [3.05, 3.63) is 41.3 Å². The minimum Gasteiger partial charge on any atom is -0.382 e. The highest BCUT2D eigenvalue weighted by atomic mass is 32.2. The van der Waals surface area contributed by atoms with E-state index in [0.717, 1.165) is 59.6 Å². The molecule has 0 spiro atoms. The summed E-state index contributed by atoms with van der Waals surface area (Å²) in [7, 11) is 0.394. The molecule has 0 radical (unpaired) electrons. The quantitative estimate of drug-likeness (QED) is 0.464. The number of aryl methyl sites for hydroxylation is 3. The number of benzene rings is 1. The maximum atomic E-state index is 13.2. The van der Waals surface area contributed by atoms with E-state index in [-0.39, 0.29) is 0 Å². The summed E-state index contributed by atoms with van der Waals surface area (Å²) < 4.78 is 35.9. The molecule has 2 aromatic heterocycles. The van der Waals surface area contributed by atoms with Crippen molar-refractivity contribution in [3.8, 4) is 0 Å². The van der Waals surface area contributed by atoms with Crippen molar-refractivity contribution in [2.75, 3.05) is 44.4 Å². The number of ether oxygens (including phenoxy) is 1. The van der Waals surface area contributed by atoms with Crippen molar-refractivity contribution in [3.63, 3.8) is 0 Å². The van der Waals surface area contributed by atoms with Crippen molar-refractivity contribution in [1.29, 1.82) is 0 Å². The van der Waals surface area contributed by atoms with E-state index in [2.05, 4.69) is 16.5 Å². The number of nitrogens with two attached hydrogens (primary N) is 1. The van der Waals surface area contributed by atoms with Gasteiger partial charge in [-0.2, -0.15) is 4.31 Å². The van der Waals surface area contributed by atoms with Crippen molar-refractivity contribution in [2.24, 2.45) is 5.92 Å². The highest BCUT2D eigenvalue weighted by Gasteiger charge is 2.29. The van der Waals surface area contributed by atoms with Crippen molar-refractivity contribution in [1.82, 2.24) is 18.8 Å². The van der Waals surface area contributed by atoms with Crippen LogP contribution in [-0.4, -0.2) is 61.0 Å². The monoisotopic (exact) mass is 514 g/mol. The molecule has 0 atom stereocenters. The molecule has 1 saturated heterocycles. The molecule has 0 aliphatic carbocycles. The van der Waals surface area contributed by atoms with Gasteiger partial charge in [0.05, 0.1) is 10.4 Å². The molecule has 36 heavy (non-hydrogen) atoms. The standard InChI is InChI=1S/C26H38N6O3S/c1-6-35-17-23-29-24-25(18(2)19(3)28-26(24)27)32(23)16-13-20-11-14-31(15-12-20)36(33,34)22-9-7-21(8-10-22)30(4)5/h7-10,20H,6,11-17H2,1-5H3,(H2,27,28). The fraction of sp³-hybridized carbons (Fsp3) is 0.538. The number of hydrogen-bond donors (Lipinski definition) is 1. The number of fused-ring (bicyclic) bond motifs is 1. The number of aromatic nitrogens is 3. The maximum Gasteiger partial charge on any atom is 0.243 e. The molecule has 4 rings (SSSR count). The van der Waals surface area contributed by atoms with Crippen LogP contribution in [0.4, 0.5) is 11.5 Å². The third kappa shape index (κ3) is 5.21. The molecule has 1 aliphatic rings. The van der Waals surface area contributed by atoms with E-state index in [4.69, 9.17) is 15.5 Å². The number of sulfonamides is 1. The fourth-order valence-corrected chi connectivity index (χ4v) is 6.38. The first-order chi connectivity index (χ1) is 17.1. The Morgan fingerprint density at radius 1 is 1.11 bits per heavy atom. The lowest BCUT2D eigenvalue weighted by atomic mass is 9.94. The average molecular weight is 515 g/mol. The summed E-state index contributed by atoms with van der Waals surface area (Å²) in [6.07, 6.45) is 2.62. The SMILES string of the molecule is CCOCc1nc2c(N)nc(C)c(C)c2n1CCC1CCN(S(=O)(=O)c2ccc(N(C)C)cc2)CC1. The normalized spacial score (nSPS) is 15.6. The first-order valence-corrected chi connectivity index (χ1v) is 14.0. The van der Waals surface area contributed by atoms with Crippen LogP contribution < -0.4 is 10.6 Å². The summed E-state index contributed by atoms with van der Waals surface area (Å²) >= 11 is 0. The number of rotatable bonds is 9. The second-order valence-corrected chi connectivity index (χ2v) is 11.7. The first-order valence-electron chi connectivity index (χ1n) is 12.6. The lowest BCUT2D eigenvalue weighted by molar-refractivity contribution is 0.125. The molecule has 1 fully saturated rings. The average Bonchev–Trinajstić information content (AvgIpc) is 3.24. The predicted octanol–water partition coefficient (Wildman–Crippen LogP) is 3.72. The Labute approximate surface area is 214 Å². The van der Waals surface area contributed by atoms with Crippen LogP contribution in [0.25, 0.3) is 11.0 Å². The van der Waals surface area contributed by atoms with Crippen LogP contribution in [-0.2, 0) is 27.9 Å². The van der Waals surface area contributed by atoms with E-state index in [1.54, 1.807) is 16.4 Å². The van der Waals surface area contributed by atoms with Crippen LogP contribution in [0.15, 0.2) is 29.2 Å². The number of hydrogen-bond acceptors (Lipinski definition) is 7. The Morgan fingerprint density at radius 2 is 1.78 bits per heavy atom. The lowest BCUT2D eigenvalue weighted by Gasteiger charge is -2.31. The van der Waals surface area contributed by atoms with Crippen LogP contribution in [0.2, 0.25) is 0 Å². The summed E-state index contributed by atoms with van der Waals surface area (Å²) in [5, 5.41) is 0. The van der Waals surface area contributed by atoms with Gasteiger partial charge in [-0.25, -0.2) is 18.4 Å². The molecule has 0 bridgehead atoms. The van der Waals surface area contributed by atoms with Gasteiger partial charge in [-0.1, -0.05) is 0 Å².